The highest BCUT2D eigenvalue weighted by Gasteiger charge is 2.29. The predicted molar refractivity (Wildman–Crippen MR) is 80.8 cm³/mol. The van der Waals surface area contributed by atoms with Crippen LogP contribution in [0.25, 0.3) is 0 Å². The first-order valence-corrected chi connectivity index (χ1v) is 7.21. The van der Waals surface area contributed by atoms with Gasteiger partial charge >= 0.3 is 0 Å². The van der Waals surface area contributed by atoms with Gasteiger partial charge in [0.1, 0.15) is 6.04 Å². The molecule has 1 saturated heterocycles. The third kappa shape index (κ3) is 3.37. The van der Waals surface area contributed by atoms with E-state index >= 15 is 0 Å². The normalized spacial score (nSPS) is 18.9. The molecule has 0 aliphatic carbocycles. The second-order valence-corrected chi connectivity index (χ2v) is 5.62. The Hall–Kier alpha value is -1.98. The second-order valence-electron chi connectivity index (χ2n) is 5.62. The number of amides is 1. The lowest BCUT2D eigenvalue weighted by Gasteiger charge is -2.36. The van der Waals surface area contributed by atoms with Crippen molar-refractivity contribution in [2.24, 2.45) is 5.73 Å². The Balaban J connectivity index is 2.39. The van der Waals surface area contributed by atoms with Crippen LogP contribution in [0.15, 0.2) is 12.1 Å². The molecule has 1 heterocycles. The van der Waals surface area contributed by atoms with Crippen LogP contribution < -0.4 is 21.1 Å². The maximum Gasteiger partial charge on any atom is 0.240 e. The third-order valence-electron chi connectivity index (χ3n) is 3.58. The van der Waals surface area contributed by atoms with Crippen LogP contribution in [0.5, 0.6) is 5.75 Å². The van der Waals surface area contributed by atoms with Gasteiger partial charge in [-0.3, -0.25) is 4.79 Å². The molecule has 0 spiro atoms. The van der Waals surface area contributed by atoms with Gasteiger partial charge in [-0.2, -0.15) is 0 Å². The van der Waals surface area contributed by atoms with E-state index in [4.69, 9.17) is 16.2 Å². The average Bonchev–Trinajstić information content (AvgIpc) is 2.41. The van der Waals surface area contributed by atoms with Gasteiger partial charge in [-0.05, 0) is 33.1 Å². The molecule has 1 aromatic rings. The van der Waals surface area contributed by atoms with Crippen molar-refractivity contribution in [2.45, 2.75) is 45.3 Å². The Bertz CT molecular complexity index is 534. The molecule has 1 unspecified atom stereocenters. The second kappa shape index (κ2) is 6.20. The molecule has 5 nitrogen and oxygen atoms in total. The van der Waals surface area contributed by atoms with Gasteiger partial charge in [0.2, 0.25) is 5.91 Å². The molecule has 1 aliphatic heterocycles. The average molecular weight is 295 g/mol. The van der Waals surface area contributed by atoms with Crippen molar-refractivity contribution in [1.82, 2.24) is 0 Å². The molecule has 1 aromatic carbocycles. The number of hydrogen-bond acceptors (Lipinski definition) is 4. The van der Waals surface area contributed by atoms with E-state index in [0.29, 0.717) is 18.7 Å². The molecule has 116 valence electrons. The minimum absolute atomic E-state index is 0.142. The summed E-state index contributed by atoms with van der Waals surface area (Å²) in [6, 6.07) is 2.39. The summed E-state index contributed by atoms with van der Waals surface area (Å²) in [6.07, 6.45) is 2.43. The number of primary amides is 1. The molecule has 1 atom stereocenters. The van der Waals surface area contributed by atoms with E-state index in [1.54, 1.807) is 6.07 Å². The zero-order chi connectivity index (χ0) is 15.6. The summed E-state index contributed by atoms with van der Waals surface area (Å²) in [6.45, 7) is 4.32. The summed E-state index contributed by atoms with van der Waals surface area (Å²) in [5.74, 6) is -0.745. The quantitative estimate of drug-likeness (QED) is 0.833. The van der Waals surface area contributed by atoms with Gasteiger partial charge in [-0.15, -0.1) is 0 Å². The van der Waals surface area contributed by atoms with Gasteiger partial charge in [0.25, 0.3) is 0 Å². The van der Waals surface area contributed by atoms with Crippen molar-refractivity contribution in [2.75, 3.05) is 17.2 Å². The highest BCUT2D eigenvalue weighted by molar-refractivity contribution is 5.86. The molecule has 2 rings (SSSR count). The Labute approximate surface area is 124 Å². The number of benzene rings is 1. The molecule has 1 aliphatic rings. The lowest BCUT2D eigenvalue weighted by Crippen LogP contribution is -2.48. The van der Waals surface area contributed by atoms with Crippen LogP contribution in [0.2, 0.25) is 0 Å². The largest absolute Gasteiger partial charge is 0.488 e. The summed E-state index contributed by atoms with van der Waals surface area (Å²) >= 11 is 0. The predicted octanol–water partition coefficient (Wildman–Crippen LogP) is 2.04. The highest BCUT2D eigenvalue weighted by Crippen LogP contribution is 2.35. The monoisotopic (exact) mass is 295 g/mol. The number of nitrogens with zero attached hydrogens (tertiary/aromatic N) is 1. The van der Waals surface area contributed by atoms with Crippen LogP contribution in [0.3, 0.4) is 0 Å². The number of halogens is 1. The van der Waals surface area contributed by atoms with Gasteiger partial charge in [0, 0.05) is 18.7 Å². The lowest BCUT2D eigenvalue weighted by atomic mass is 10.00. The summed E-state index contributed by atoms with van der Waals surface area (Å²) in [7, 11) is 0. The van der Waals surface area contributed by atoms with Crippen molar-refractivity contribution < 1.29 is 13.9 Å². The number of nitrogens with two attached hydrogens (primary N) is 2. The Morgan fingerprint density at radius 2 is 2.14 bits per heavy atom. The highest BCUT2D eigenvalue weighted by atomic mass is 19.1. The number of carbonyl (C=O) groups is 1. The molecule has 4 N–H and O–H groups in total. The van der Waals surface area contributed by atoms with Crippen molar-refractivity contribution in [1.29, 1.82) is 0 Å². The fraction of sp³-hybridized carbons (Fsp3) is 0.533. The Morgan fingerprint density at radius 3 is 2.76 bits per heavy atom. The van der Waals surface area contributed by atoms with Crippen LogP contribution in [-0.2, 0) is 4.79 Å². The van der Waals surface area contributed by atoms with E-state index in [1.807, 2.05) is 18.7 Å². The first kappa shape index (κ1) is 15.4. The van der Waals surface area contributed by atoms with E-state index < -0.39 is 11.9 Å². The first-order valence-electron chi connectivity index (χ1n) is 7.21. The zero-order valence-electron chi connectivity index (χ0n) is 12.4. The lowest BCUT2D eigenvalue weighted by molar-refractivity contribution is -0.119. The van der Waals surface area contributed by atoms with E-state index in [1.165, 1.54) is 6.07 Å². The summed E-state index contributed by atoms with van der Waals surface area (Å²) < 4.78 is 19.4. The summed E-state index contributed by atoms with van der Waals surface area (Å²) in [5, 5.41) is 0. The van der Waals surface area contributed by atoms with Gasteiger partial charge in [-0.1, -0.05) is 0 Å². The van der Waals surface area contributed by atoms with Crippen molar-refractivity contribution in [3.05, 3.63) is 17.9 Å². The maximum atomic E-state index is 13.9. The van der Waals surface area contributed by atoms with Crippen molar-refractivity contribution in [3.63, 3.8) is 0 Å². The Kier molecular flexibility index (Phi) is 4.55. The molecule has 6 heteroatoms. The molecular weight excluding hydrogens is 273 g/mol. The molecule has 0 saturated carbocycles. The third-order valence-corrected chi connectivity index (χ3v) is 3.58. The van der Waals surface area contributed by atoms with E-state index in [2.05, 4.69) is 0 Å². The van der Waals surface area contributed by atoms with Crippen LogP contribution in [0.4, 0.5) is 15.8 Å². The van der Waals surface area contributed by atoms with Crippen LogP contribution >= 0.6 is 0 Å². The van der Waals surface area contributed by atoms with E-state index in [-0.39, 0.29) is 23.4 Å². The molecule has 0 bridgehead atoms. The number of nitrogen functional groups attached to an aromatic ring is 1. The number of piperidine rings is 1. The molecule has 0 radical (unpaired) electrons. The number of carbonyl (C=O) groups excluding carboxylic acids is 1. The van der Waals surface area contributed by atoms with Crippen molar-refractivity contribution >= 4 is 17.3 Å². The minimum atomic E-state index is -0.502. The SMILES string of the molecule is CC(C)Oc1cc(N2CCCCC2C(N)=O)c(N)cc1F. The summed E-state index contributed by atoms with van der Waals surface area (Å²) in [4.78, 5) is 13.5. The smallest absolute Gasteiger partial charge is 0.240 e. The van der Waals surface area contributed by atoms with E-state index in [9.17, 15) is 9.18 Å². The first-order chi connectivity index (χ1) is 9.90. The molecular formula is C15H22FN3O2. The number of hydrogen-bond donors (Lipinski definition) is 2. The molecule has 0 aromatic heterocycles. The van der Waals surface area contributed by atoms with Crippen LogP contribution in [0, 0.1) is 5.82 Å². The molecule has 21 heavy (non-hydrogen) atoms. The van der Waals surface area contributed by atoms with E-state index in [0.717, 1.165) is 12.8 Å². The van der Waals surface area contributed by atoms with Crippen molar-refractivity contribution in [3.8, 4) is 5.75 Å². The fourth-order valence-electron chi connectivity index (χ4n) is 2.67. The Morgan fingerprint density at radius 1 is 1.43 bits per heavy atom. The van der Waals surface area contributed by atoms with Crippen LogP contribution in [0.1, 0.15) is 33.1 Å². The number of anilines is 2. The summed E-state index contributed by atoms with van der Waals surface area (Å²) in [5.41, 5.74) is 12.3. The number of rotatable bonds is 4. The molecule has 1 fully saturated rings. The zero-order valence-corrected chi connectivity index (χ0v) is 12.4. The fourth-order valence-corrected chi connectivity index (χ4v) is 2.67. The minimum Gasteiger partial charge on any atom is -0.488 e. The van der Waals surface area contributed by atoms with Gasteiger partial charge in [0.15, 0.2) is 11.6 Å². The van der Waals surface area contributed by atoms with Gasteiger partial charge in [0.05, 0.1) is 17.5 Å². The topological polar surface area (TPSA) is 81.6 Å². The standard InChI is InChI=1S/C15H22FN3O2/c1-9(2)21-14-8-13(11(17)7-10(14)16)19-6-4-3-5-12(19)15(18)20/h7-9,12H,3-6,17H2,1-2H3,(H2,18,20). The van der Waals surface area contributed by atoms with Gasteiger partial charge < -0.3 is 21.1 Å². The number of ether oxygens (including phenoxy) is 1. The van der Waals surface area contributed by atoms with Gasteiger partial charge in [-0.25, -0.2) is 4.39 Å². The van der Waals surface area contributed by atoms with Crippen LogP contribution in [-0.4, -0.2) is 24.6 Å². The maximum absolute atomic E-state index is 13.9. The molecule has 1 amide bonds.